The molecule has 182 valence electrons. The summed E-state index contributed by atoms with van der Waals surface area (Å²) >= 11 is 6.20. The van der Waals surface area contributed by atoms with E-state index in [0.717, 1.165) is 41.5 Å². The van der Waals surface area contributed by atoms with E-state index in [1.54, 1.807) is 24.7 Å². The van der Waals surface area contributed by atoms with Crippen molar-refractivity contribution in [1.29, 1.82) is 0 Å². The summed E-state index contributed by atoms with van der Waals surface area (Å²) in [5.41, 5.74) is 3.76. The number of ether oxygens (including phenoxy) is 1. The lowest BCUT2D eigenvalue weighted by atomic mass is 10.1. The van der Waals surface area contributed by atoms with E-state index < -0.39 is 0 Å². The molecule has 1 saturated heterocycles. The Balaban J connectivity index is 1.45. The highest BCUT2D eigenvalue weighted by atomic mass is 35.5. The normalized spacial score (nSPS) is 15.6. The minimum atomic E-state index is -0.318. The Morgan fingerprint density at radius 2 is 2.11 bits per heavy atom. The fourth-order valence-corrected chi connectivity index (χ4v) is 4.36. The van der Waals surface area contributed by atoms with Crippen LogP contribution < -0.4 is 15.4 Å². The first kappa shape index (κ1) is 23.7. The summed E-state index contributed by atoms with van der Waals surface area (Å²) in [6, 6.07) is 13.1. The zero-order chi connectivity index (χ0) is 25.1. The van der Waals surface area contributed by atoms with Crippen molar-refractivity contribution in [1.82, 2.24) is 19.9 Å². The molecule has 0 bridgehead atoms. The van der Waals surface area contributed by atoms with E-state index in [-0.39, 0.29) is 12.0 Å². The maximum Gasteiger partial charge on any atom is 0.247 e. The van der Waals surface area contributed by atoms with Crippen molar-refractivity contribution in [2.45, 2.75) is 12.5 Å². The van der Waals surface area contributed by atoms with Crippen LogP contribution in [0.2, 0.25) is 5.02 Å². The van der Waals surface area contributed by atoms with Crippen molar-refractivity contribution in [2.24, 2.45) is 0 Å². The Morgan fingerprint density at radius 3 is 2.89 bits per heavy atom. The zero-order valence-corrected chi connectivity index (χ0v) is 20.5. The highest BCUT2D eigenvalue weighted by molar-refractivity contribution is 6.30. The van der Waals surface area contributed by atoms with E-state index in [2.05, 4.69) is 39.1 Å². The van der Waals surface area contributed by atoms with Gasteiger partial charge in [-0.25, -0.2) is 9.97 Å². The third kappa shape index (κ3) is 5.30. The number of carbonyl (C=O) groups excluding carboxylic acids is 1. The van der Waals surface area contributed by atoms with Gasteiger partial charge in [0.05, 0.1) is 11.2 Å². The molecule has 0 aliphatic carbocycles. The summed E-state index contributed by atoms with van der Waals surface area (Å²) in [5, 5.41) is 7.52. The van der Waals surface area contributed by atoms with Gasteiger partial charge in [-0.1, -0.05) is 30.3 Å². The Hall–Kier alpha value is -4.01. The summed E-state index contributed by atoms with van der Waals surface area (Å²) in [7, 11) is 2.06. The average molecular weight is 501 g/mol. The zero-order valence-electron chi connectivity index (χ0n) is 19.7. The number of pyridine rings is 1. The van der Waals surface area contributed by atoms with Crippen LogP contribution >= 0.6 is 11.6 Å². The standard InChI is InChI=1S/C27H25ClN6O2/c1-3-25(35)32-23-12-20(7-8-24(23)36-21-9-10-34(2)16-21)31-27-30-14-18-13-29-15-22(26(18)33-27)17-5-4-6-19(28)11-17/h3-8,11-15,21H,1,9-10,16H2,2H3,(H,32,35)(H,30,31,33). The van der Waals surface area contributed by atoms with E-state index in [1.807, 2.05) is 36.4 Å². The first-order valence-electron chi connectivity index (χ1n) is 11.5. The molecule has 5 rings (SSSR count). The number of halogens is 1. The molecule has 8 nitrogen and oxygen atoms in total. The number of rotatable bonds is 7. The number of carbonyl (C=O) groups is 1. The van der Waals surface area contributed by atoms with Gasteiger partial charge in [-0.2, -0.15) is 0 Å². The van der Waals surface area contributed by atoms with Crippen molar-refractivity contribution in [3.8, 4) is 16.9 Å². The molecule has 2 aromatic heterocycles. The highest BCUT2D eigenvalue weighted by Crippen LogP contribution is 2.32. The smallest absolute Gasteiger partial charge is 0.247 e. The van der Waals surface area contributed by atoms with Gasteiger partial charge in [-0.05, 0) is 55.4 Å². The van der Waals surface area contributed by atoms with E-state index >= 15 is 0 Å². The summed E-state index contributed by atoms with van der Waals surface area (Å²) in [6.45, 7) is 5.36. The molecule has 4 aromatic rings. The number of hydrogen-bond acceptors (Lipinski definition) is 7. The van der Waals surface area contributed by atoms with Gasteiger partial charge in [0, 0.05) is 53.3 Å². The number of likely N-dealkylation sites (N-methyl/N-ethyl adjacent to an activating group) is 1. The molecule has 9 heteroatoms. The molecule has 2 N–H and O–H groups in total. The number of amides is 1. The predicted molar refractivity (Wildman–Crippen MR) is 143 cm³/mol. The largest absolute Gasteiger partial charge is 0.487 e. The van der Waals surface area contributed by atoms with Gasteiger partial charge in [-0.3, -0.25) is 9.78 Å². The molecule has 2 aromatic carbocycles. The van der Waals surface area contributed by atoms with Crippen LogP contribution in [0.1, 0.15) is 6.42 Å². The molecule has 1 aliphatic rings. The minimum Gasteiger partial charge on any atom is -0.487 e. The molecule has 3 heterocycles. The van der Waals surface area contributed by atoms with Crippen molar-refractivity contribution < 1.29 is 9.53 Å². The van der Waals surface area contributed by atoms with E-state index in [4.69, 9.17) is 21.3 Å². The number of hydrogen-bond donors (Lipinski definition) is 2. The lowest BCUT2D eigenvalue weighted by Crippen LogP contribution is -2.22. The molecule has 0 radical (unpaired) electrons. The highest BCUT2D eigenvalue weighted by Gasteiger charge is 2.22. The van der Waals surface area contributed by atoms with Gasteiger partial charge < -0.3 is 20.3 Å². The van der Waals surface area contributed by atoms with Crippen LogP contribution in [0.4, 0.5) is 17.3 Å². The summed E-state index contributed by atoms with van der Waals surface area (Å²) in [5.74, 6) is 0.690. The first-order chi connectivity index (χ1) is 17.5. The van der Waals surface area contributed by atoms with Crippen LogP contribution in [-0.2, 0) is 4.79 Å². The molecule has 1 atom stereocenters. The summed E-state index contributed by atoms with van der Waals surface area (Å²) in [6.07, 6.45) is 7.43. The topological polar surface area (TPSA) is 92.3 Å². The lowest BCUT2D eigenvalue weighted by molar-refractivity contribution is -0.111. The second kappa shape index (κ2) is 10.3. The molecule has 0 spiro atoms. The number of likely N-dealkylation sites (tertiary alicyclic amines) is 1. The number of aromatic nitrogens is 3. The predicted octanol–water partition coefficient (Wildman–Crippen LogP) is 5.30. The van der Waals surface area contributed by atoms with Gasteiger partial charge in [-0.15, -0.1) is 0 Å². The SMILES string of the molecule is C=CC(=O)Nc1cc(Nc2ncc3cncc(-c4cccc(Cl)c4)c3n2)ccc1OC1CCN(C)C1. The van der Waals surface area contributed by atoms with E-state index in [1.165, 1.54) is 6.08 Å². The maximum atomic E-state index is 12.1. The van der Waals surface area contributed by atoms with Crippen LogP contribution in [0.5, 0.6) is 5.75 Å². The number of nitrogens with zero attached hydrogens (tertiary/aromatic N) is 4. The van der Waals surface area contributed by atoms with Gasteiger partial charge in [0.25, 0.3) is 0 Å². The quantitative estimate of drug-likeness (QED) is 0.333. The molecule has 1 aliphatic heterocycles. The van der Waals surface area contributed by atoms with E-state index in [9.17, 15) is 4.79 Å². The van der Waals surface area contributed by atoms with Crippen LogP contribution in [-0.4, -0.2) is 52.0 Å². The number of fused-ring (bicyclic) bond motifs is 1. The van der Waals surface area contributed by atoms with Crippen molar-refractivity contribution >= 4 is 45.7 Å². The first-order valence-corrected chi connectivity index (χ1v) is 11.9. The van der Waals surface area contributed by atoms with Crippen LogP contribution in [0.15, 0.2) is 73.7 Å². The molecule has 1 unspecified atom stereocenters. The lowest BCUT2D eigenvalue weighted by Gasteiger charge is -2.18. The monoisotopic (exact) mass is 500 g/mol. The van der Waals surface area contributed by atoms with Crippen LogP contribution in [0.25, 0.3) is 22.0 Å². The number of anilines is 3. The van der Waals surface area contributed by atoms with Crippen molar-refractivity contribution in [3.05, 3.63) is 78.7 Å². The van der Waals surface area contributed by atoms with Gasteiger partial charge in [0.2, 0.25) is 11.9 Å². The van der Waals surface area contributed by atoms with Crippen LogP contribution in [0, 0.1) is 0 Å². The second-order valence-electron chi connectivity index (χ2n) is 8.65. The maximum absolute atomic E-state index is 12.1. The third-order valence-corrected chi connectivity index (χ3v) is 6.18. The average Bonchev–Trinajstić information content (AvgIpc) is 3.29. The van der Waals surface area contributed by atoms with Gasteiger partial charge >= 0.3 is 0 Å². The Kier molecular flexibility index (Phi) is 6.79. The van der Waals surface area contributed by atoms with Gasteiger partial charge in [0.1, 0.15) is 11.9 Å². The molecular formula is C27H25ClN6O2. The molecule has 1 fully saturated rings. The minimum absolute atomic E-state index is 0.0653. The molecule has 1 amide bonds. The Morgan fingerprint density at radius 1 is 1.22 bits per heavy atom. The summed E-state index contributed by atoms with van der Waals surface area (Å²) in [4.78, 5) is 27.8. The number of benzene rings is 2. The third-order valence-electron chi connectivity index (χ3n) is 5.95. The van der Waals surface area contributed by atoms with Crippen molar-refractivity contribution in [3.63, 3.8) is 0 Å². The van der Waals surface area contributed by atoms with Crippen molar-refractivity contribution in [2.75, 3.05) is 30.8 Å². The number of nitrogens with one attached hydrogen (secondary N) is 2. The fourth-order valence-electron chi connectivity index (χ4n) is 4.17. The molecule has 0 saturated carbocycles. The molecular weight excluding hydrogens is 476 g/mol. The molecule has 36 heavy (non-hydrogen) atoms. The van der Waals surface area contributed by atoms with E-state index in [0.29, 0.717) is 28.1 Å². The van der Waals surface area contributed by atoms with Crippen LogP contribution in [0.3, 0.4) is 0 Å². The Bertz CT molecular complexity index is 1440. The second-order valence-corrected chi connectivity index (χ2v) is 9.09. The van der Waals surface area contributed by atoms with Gasteiger partial charge in [0.15, 0.2) is 0 Å². The summed E-state index contributed by atoms with van der Waals surface area (Å²) < 4.78 is 6.19. The Labute approximate surface area is 214 Å². The fraction of sp³-hybridized carbons (Fsp3) is 0.185.